The molecular formula is C15H16N2O. The van der Waals surface area contributed by atoms with Crippen LogP contribution in [0, 0.1) is 6.92 Å². The lowest BCUT2D eigenvalue weighted by Crippen LogP contribution is -2.14. The van der Waals surface area contributed by atoms with Crippen molar-refractivity contribution in [3.63, 3.8) is 0 Å². The summed E-state index contributed by atoms with van der Waals surface area (Å²) in [4.78, 5) is 4.36. The number of para-hydroxylation sites is 1. The van der Waals surface area contributed by atoms with Gasteiger partial charge < -0.3 is 10.5 Å². The highest BCUT2D eigenvalue weighted by atomic mass is 16.5. The van der Waals surface area contributed by atoms with Gasteiger partial charge in [-0.05, 0) is 30.2 Å². The quantitative estimate of drug-likeness (QED) is 0.876. The average molecular weight is 240 g/mol. The predicted molar refractivity (Wildman–Crippen MR) is 70.6 cm³/mol. The summed E-state index contributed by atoms with van der Waals surface area (Å²) >= 11 is 0. The monoisotopic (exact) mass is 240 g/mol. The van der Waals surface area contributed by atoms with E-state index >= 15 is 0 Å². The van der Waals surface area contributed by atoms with Crippen LogP contribution < -0.4 is 10.5 Å². The van der Waals surface area contributed by atoms with E-state index in [2.05, 4.69) is 11.1 Å². The molecule has 1 atom stereocenters. The Hall–Kier alpha value is -1.87. The highest BCUT2D eigenvalue weighted by Gasteiger charge is 2.21. The van der Waals surface area contributed by atoms with Crippen molar-refractivity contribution in [1.82, 2.24) is 4.98 Å². The molecule has 18 heavy (non-hydrogen) atoms. The number of fused-ring (bicyclic) bond motifs is 1. The minimum Gasteiger partial charge on any atom is -0.493 e. The molecule has 0 spiro atoms. The fourth-order valence-corrected chi connectivity index (χ4v) is 2.37. The maximum absolute atomic E-state index is 6.32. The highest BCUT2D eigenvalue weighted by molar-refractivity contribution is 5.47. The van der Waals surface area contributed by atoms with Crippen LogP contribution in [0.5, 0.6) is 5.75 Å². The Labute approximate surface area is 107 Å². The van der Waals surface area contributed by atoms with Crippen LogP contribution in [0.2, 0.25) is 0 Å². The van der Waals surface area contributed by atoms with Crippen molar-refractivity contribution in [2.75, 3.05) is 6.61 Å². The molecule has 92 valence electrons. The Bertz CT molecular complexity index is 580. The first-order valence-corrected chi connectivity index (χ1v) is 6.18. The van der Waals surface area contributed by atoms with E-state index in [-0.39, 0.29) is 6.04 Å². The van der Waals surface area contributed by atoms with Crippen molar-refractivity contribution in [2.45, 2.75) is 19.4 Å². The second kappa shape index (κ2) is 4.42. The summed E-state index contributed by atoms with van der Waals surface area (Å²) < 4.78 is 5.69. The zero-order valence-electron chi connectivity index (χ0n) is 10.4. The molecule has 0 amide bonds. The number of aryl methyl sites for hydroxylation is 1. The van der Waals surface area contributed by atoms with Crippen LogP contribution in [0.15, 0.2) is 36.5 Å². The van der Waals surface area contributed by atoms with Gasteiger partial charge in [-0.25, -0.2) is 0 Å². The van der Waals surface area contributed by atoms with Crippen LogP contribution >= 0.6 is 0 Å². The van der Waals surface area contributed by atoms with E-state index in [9.17, 15) is 0 Å². The molecule has 2 N–H and O–H groups in total. The molecule has 1 aliphatic heterocycles. The summed E-state index contributed by atoms with van der Waals surface area (Å²) in [5.41, 5.74) is 10.7. The first-order chi connectivity index (χ1) is 8.75. The summed E-state index contributed by atoms with van der Waals surface area (Å²) in [7, 11) is 0. The number of aromatic nitrogens is 1. The van der Waals surface area contributed by atoms with Gasteiger partial charge in [0.1, 0.15) is 5.75 Å². The van der Waals surface area contributed by atoms with Crippen molar-refractivity contribution in [1.29, 1.82) is 0 Å². The van der Waals surface area contributed by atoms with Crippen LogP contribution in [0.4, 0.5) is 0 Å². The van der Waals surface area contributed by atoms with E-state index in [0.29, 0.717) is 0 Å². The van der Waals surface area contributed by atoms with E-state index in [0.717, 1.165) is 30.0 Å². The molecule has 0 saturated carbocycles. The lowest BCUT2D eigenvalue weighted by atomic mass is 9.99. The van der Waals surface area contributed by atoms with Gasteiger partial charge in [0.05, 0.1) is 18.3 Å². The van der Waals surface area contributed by atoms with Crippen LogP contribution in [-0.2, 0) is 6.42 Å². The molecule has 1 aromatic carbocycles. The molecule has 1 aliphatic rings. The number of benzene rings is 1. The van der Waals surface area contributed by atoms with Crippen molar-refractivity contribution >= 4 is 0 Å². The van der Waals surface area contributed by atoms with Gasteiger partial charge in [-0.3, -0.25) is 4.98 Å². The lowest BCUT2D eigenvalue weighted by Gasteiger charge is -2.15. The minimum absolute atomic E-state index is 0.224. The largest absolute Gasteiger partial charge is 0.493 e. The van der Waals surface area contributed by atoms with Crippen LogP contribution in [0.25, 0.3) is 0 Å². The van der Waals surface area contributed by atoms with Crippen LogP contribution in [-0.4, -0.2) is 11.6 Å². The molecule has 1 aromatic heterocycles. The fourth-order valence-electron chi connectivity index (χ4n) is 2.37. The number of nitrogens with two attached hydrogens (primary N) is 1. The third kappa shape index (κ3) is 1.87. The van der Waals surface area contributed by atoms with E-state index in [4.69, 9.17) is 10.5 Å². The Kier molecular flexibility index (Phi) is 2.76. The van der Waals surface area contributed by atoms with Gasteiger partial charge in [0.25, 0.3) is 0 Å². The van der Waals surface area contributed by atoms with Crippen LogP contribution in [0.1, 0.15) is 28.4 Å². The fraction of sp³-hybridized carbons (Fsp3) is 0.267. The Morgan fingerprint density at radius 2 is 2.22 bits per heavy atom. The van der Waals surface area contributed by atoms with Gasteiger partial charge in [0.15, 0.2) is 0 Å². The highest BCUT2D eigenvalue weighted by Crippen LogP contribution is 2.34. The molecule has 0 bridgehead atoms. The molecular weight excluding hydrogens is 224 g/mol. The Balaban J connectivity index is 2.03. The van der Waals surface area contributed by atoms with Crippen molar-refractivity contribution in [3.05, 3.63) is 58.9 Å². The zero-order valence-corrected chi connectivity index (χ0v) is 10.4. The molecule has 1 unspecified atom stereocenters. The minimum atomic E-state index is -0.224. The third-order valence-electron chi connectivity index (χ3n) is 3.34. The maximum atomic E-state index is 6.32. The van der Waals surface area contributed by atoms with Crippen molar-refractivity contribution in [2.24, 2.45) is 5.73 Å². The van der Waals surface area contributed by atoms with Crippen LogP contribution in [0.3, 0.4) is 0 Å². The Morgan fingerprint density at radius 1 is 1.33 bits per heavy atom. The number of nitrogens with zero attached hydrogens (tertiary/aromatic N) is 1. The second-order valence-electron chi connectivity index (χ2n) is 4.67. The van der Waals surface area contributed by atoms with E-state index < -0.39 is 0 Å². The second-order valence-corrected chi connectivity index (χ2v) is 4.67. The van der Waals surface area contributed by atoms with Gasteiger partial charge >= 0.3 is 0 Å². The third-order valence-corrected chi connectivity index (χ3v) is 3.34. The van der Waals surface area contributed by atoms with Crippen molar-refractivity contribution in [3.8, 4) is 5.75 Å². The normalized spacial score (nSPS) is 15.0. The SMILES string of the molecule is Cc1ccnc(C(N)c2cccc3c2OCC3)c1. The molecule has 2 heterocycles. The standard InChI is InChI=1S/C15H16N2O/c1-10-5-7-17-13(9-10)14(16)12-4-2-3-11-6-8-18-15(11)12/h2-5,7,9,14H,6,8,16H2,1H3. The topological polar surface area (TPSA) is 48.1 Å². The summed E-state index contributed by atoms with van der Waals surface area (Å²) in [5.74, 6) is 0.952. The Morgan fingerprint density at radius 3 is 3.06 bits per heavy atom. The maximum Gasteiger partial charge on any atom is 0.127 e. The van der Waals surface area contributed by atoms with Gasteiger partial charge in [0, 0.05) is 18.2 Å². The summed E-state index contributed by atoms with van der Waals surface area (Å²) in [6.45, 7) is 2.80. The van der Waals surface area contributed by atoms with Gasteiger partial charge in [-0.1, -0.05) is 18.2 Å². The lowest BCUT2D eigenvalue weighted by molar-refractivity contribution is 0.352. The van der Waals surface area contributed by atoms with Gasteiger partial charge in [0.2, 0.25) is 0 Å². The molecule has 0 aliphatic carbocycles. The first-order valence-electron chi connectivity index (χ1n) is 6.18. The summed E-state index contributed by atoms with van der Waals surface area (Å²) in [6.07, 6.45) is 2.77. The molecule has 3 heteroatoms. The van der Waals surface area contributed by atoms with Gasteiger partial charge in [-0.15, -0.1) is 0 Å². The van der Waals surface area contributed by atoms with Gasteiger partial charge in [-0.2, -0.15) is 0 Å². The number of rotatable bonds is 2. The number of pyridine rings is 1. The molecule has 3 rings (SSSR count). The smallest absolute Gasteiger partial charge is 0.127 e. The number of hydrogen-bond donors (Lipinski definition) is 1. The van der Waals surface area contributed by atoms with E-state index in [1.165, 1.54) is 11.1 Å². The molecule has 0 fully saturated rings. The molecule has 0 saturated heterocycles. The summed E-state index contributed by atoms with van der Waals surface area (Å²) in [6, 6.07) is 9.94. The van der Waals surface area contributed by atoms with E-state index in [1.807, 2.05) is 31.2 Å². The molecule has 3 nitrogen and oxygen atoms in total. The summed E-state index contributed by atoms with van der Waals surface area (Å²) in [5, 5.41) is 0. The number of hydrogen-bond acceptors (Lipinski definition) is 3. The average Bonchev–Trinajstić information content (AvgIpc) is 2.86. The zero-order chi connectivity index (χ0) is 12.5. The number of ether oxygens (including phenoxy) is 1. The van der Waals surface area contributed by atoms with Crippen molar-refractivity contribution < 1.29 is 4.74 Å². The first kappa shape index (κ1) is 11.2. The molecule has 0 radical (unpaired) electrons. The molecule has 2 aromatic rings. The predicted octanol–water partition coefficient (Wildman–Crippen LogP) is 2.37. The van der Waals surface area contributed by atoms with E-state index in [1.54, 1.807) is 6.20 Å².